The van der Waals surface area contributed by atoms with E-state index in [0.717, 1.165) is 25.7 Å². The number of benzene rings is 3. The van der Waals surface area contributed by atoms with Crippen molar-refractivity contribution in [2.45, 2.75) is 39.5 Å². The molecule has 40 heavy (non-hydrogen) atoms. The van der Waals surface area contributed by atoms with Gasteiger partial charge < -0.3 is 20.1 Å². The fraction of sp³-hybridized carbons (Fsp3) is 0.294. The van der Waals surface area contributed by atoms with E-state index >= 15 is 0 Å². The quantitative estimate of drug-likeness (QED) is 0.263. The van der Waals surface area contributed by atoms with Gasteiger partial charge >= 0.3 is 0 Å². The lowest BCUT2D eigenvalue weighted by Gasteiger charge is -2.09. The van der Waals surface area contributed by atoms with Crippen molar-refractivity contribution < 1.29 is 19.1 Å². The van der Waals surface area contributed by atoms with Crippen molar-refractivity contribution in [3.05, 3.63) is 94.0 Å². The monoisotopic (exact) mass is 536 g/mol. The molecule has 2 N–H and O–H groups in total. The molecule has 0 aliphatic rings. The first-order chi connectivity index (χ1) is 19.5. The Labute approximate surface area is 237 Å². The van der Waals surface area contributed by atoms with Crippen LogP contribution in [0.5, 0.6) is 11.5 Å². The average Bonchev–Trinajstić information content (AvgIpc) is 2.99. The number of carbonyl (C=O) groups is 2. The molecule has 0 bridgehead atoms. The number of methoxy groups -OCH3 is 2. The Hall–Kier alpha value is -4.68. The van der Waals surface area contributed by atoms with Crippen LogP contribution in [0.25, 0.3) is 0 Å². The van der Waals surface area contributed by atoms with E-state index in [1.165, 1.54) is 0 Å². The van der Waals surface area contributed by atoms with Crippen LogP contribution >= 0.6 is 0 Å². The molecule has 2 amide bonds. The van der Waals surface area contributed by atoms with Crippen molar-refractivity contribution in [2.24, 2.45) is 0 Å². The molecule has 0 saturated heterocycles. The van der Waals surface area contributed by atoms with Gasteiger partial charge in [-0.15, -0.1) is 0 Å². The molecule has 0 saturated carbocycles. The van der Waals surface area contributed by atoms with E-state index in [1.807, 2.05) is 36.4 Å². The van der Waals surface area contributed by atoms with Crippen LogP contribution in [0.15, 0.2) is 60.7 Å². The average molecular weight is 537 g/mol. The maximum Gasteiger partial charge on any atom is 0.252 e. The summed E-state index contributed by atoms with van der Waals surface area (Å²) in [6.45, 7) is 5.41. The molecule has 0 spiro atoms. The molecule has 206 valence electrons. The SMILES string of the molecule is CCCCNC(=O)c1ccccc1C#Cc1cc(OC)c(C#Cc2ccccc2C(=O)NCCCC)cc1OC. The zero-order valence-electron chi connectivity index (χ0n) is 23.6. The summed E-state index contributed by atoms with van der Waals surface area (Å²) in [5, 5.41) is 5.89. The van der Waals surface area contributed by atoms with Crippen LogP contribution < -0.4 is 20.1 Å². The maximum absolute atomic E-state index is 12.7. The van der Waals surface area contributed by atoms with Gasteiger partial charge in [0.25, 0.3) is 11.8 Å². The number of rotatable bonds is 10. The summed E-state index contributed by atoms with van der Waals surface area (Å²) < 4.78 is 11.2. The van der Waals surface area contributed by atoms with Gasteiger partial charge in [0.05, 0.1) is 36.5 Å². The van der Waals surface area contributed by atoms with E-state index in [0.29, 0.717) is 58.0 Å². The minimum Gasteiger partial charge on any atom is -0.495 e. The molecule has 6 nitrogen and oxygen atoms in total. The number of hydrogen-bond acceptors (Lipinski definition) is 4. The molecule has 6 heteroatoms. The van der Waals surface area contributed by atoms with Crippen LogP contribution in [-0.4, -0.2) is 39.1 Å². The lowest BCUT2D eigenvalue weighted by molar-refractivity contribution is 0.0944. The second-order valence-corrected chi connectivity index (χ2v) is 9.06. The van der Waals surface area contributed by atoms with Crippen molar-refractivity contribution in [2.75, 3.05) is 27.3 Å². The predicted molar refractivity (Wildman–Crippen MR) is 159 cm³/mol. The third-order valence-corrected chi connectivity index (χ3v) is 6.16. The number of carbonyl (C=O) groups excluding carboxylic acids is 2. The van der Waals surface area contributed by atoms with Crippen molar-refractivity contribution in [1.29, 1.82) is 0 Å². The van der Waals surface area contributed by atoms with Crippen molar-refractivity contribution >= 4 is 11.8 Å². The molecule has 3 rings (SSSR count). The van der Waals surface area contributed by atoms with Crippen LogP contribution in [0.1, 0.15) is 82.5 Å². The first-order valence-electron chi connectivity index (χ1n) is 13.6. The molecule has 3 aromatic rings. The first-order valence-corrected chi connectivity index (χ1v) is 13.6. The molecular formula is C34H36N2O4. The number of hydrogen-bond donors (Lipinski definition) is 2. The van der Waals surface area contributed by atoms with Gasteiger partial charge in [-0.2, -0.15) is 0 Å². The largest absolute Gasteiger partial charge is 0.495 e. The number of amides is 2. The zero-order chi connectivity index (χ0) is 28.7. The number of nitrogens with one attached hydrogen (secondary N) is 2. The van der Waals surface area contributed by atoms with E-state index in [-0.39, 0.29) is 11.8 Å². The summed E-state index contributed by atoms with van der Waals surface area (Å²) in [7, 11) is 3.13. The Morgan fingerprint density at radius 2 is 1.00 bits per heavy atom. The normalized spacial score (nSPS) is 9.90. The fourth-order valence-corrected chi connectivity index (χ4v) is 3.89. The molecule has 0 radical (unpaired) electrons. The Morgan fingerprint density at radius 3 is 1.38 bits per heavy atom. The minimum absolute atomic E-state index is 0.146. The Bertz CT molecular complexity index is 1340. The van der Waals surface area contributed by atoms with Crippen LogP contribution in [-0.2, 0) is 0 Å². The fourth-order valence-electron chi connectivity index (χ4n) is 3.89. The topological polar surface area (TPSA) is 76.7 Å². The Kier molecular flexibility index (Phi) is 11.7. The smallest absolute Gasteiger partial charge is 0.252 e. The van der Waals surface area contributed by atoms with Crippen LogP contribution in [0.4, 0.5) is 0 Å². The van der Waals surface area contributed by atoms with Gasteiger partial charge in [-0.25, -0.2) is 0 Å². The van der Waals surface area contributed by atoms with Crippen molar-refractivity contribution in [1.82, 2.24) is 10.6 Å². The van der Waals surface area contributed by atoms with E-state index in [2.05, 4.69) is 48.2 Å². The minimum atomic E-state index is -0.146. The summed E-state index contributed by atoms with van der Waals surface area (Å²) >= 11 is 0. The zero-order valence-corrected chi connectivity index (χ0v) is 23.6. The van der Waals surface area contributed by atoms with E-state index in [9.17, 15) is 9.59 Å². The Morgan fingerprint density at radius 1 is 0.625 bits per heavy atom. The molecule has 0 heterocycles. The summed E-state index contributed by atoms with van der Waals surface area (Å²) in [6, 6.07) is 18.1. The molecule has 0 fully saturated rings. The van der Waals surface area contributed by atoms with Gasteiger partial charge in [0, 0.05) is 36.3 Å². The molecule has 0 unspecified atom stereocenters. The third-order valence-electron chi connectivity index (χ3n) is 6.16. The van der Waals surface area contributed by atoms with Gasteiger partial charge in [0.1, 0.15) is 11.5 Å². The summed E-state index contributed by atoms with van der Waals surface area (Å²) in [4.78, 5) is 25.4. The van der Waals surface area contributed by atoms with Crippen LogP contribution in [0.2, 0.25) is 0 Å². The van der Waals surface area contributed by atoms with E-state index in [4.69, 9.17) is 9.47 Å². The van der Waals surface area contributed by atoms with Gasteiger partial charge in [-0.1, -0.05) is 74.6 Å². The highest BCUT2D eigenvalue weighted by atomic mass is 16.5. The lowest BCUT2D eigenvalue weighted by atomic mass is 10.0. The summed E-state index contributed by atoms with van der Waals surface area (Å²) in [5.74, 6) is 13.3. The molecule has 0 aromatic heterocycles. The molecule has 0 aliphatic heterocycles. The standard InChI is InChI=1S/C34H36N2O4/c1-5-7-21-35-33(37)29-15-11-9-13-25(29)17-19-27-23-32(40-4)28(24-31(27)39-3)20-18-26-14-10-12-16-30(26)34(38)36-22-8-6-2/h9-16,23-24H,5-8,21-22H2,1-4H3,(H,35,37)(H,36,38). The number of ether oxygens (including phenoxy) is 2. The van der Waals surface area contributed by atoms with Crippen molar-refractivity contribution in [3.8, 4) is 35.2 Å². The molecule has 0 aliphatic carbocycles. The lowest BCUT2D eigenvalue weighted by Crippen LogP contribution is -2.25. The highest BCUT2D eigenvalue weighted by Gasteiger charge is 2.12. The maximum atomic E-state index is 12.7. The van der Waals surface area contributed by atoms with Gasteiger partial charge in [-0.3, -0.25) is 9.59 Å². The van der Waals surface area contributed by atoms with Crippen molar-refractivity contribution in [3.63, 3.8) is 0 Å². The summed E-state index contributed by atoms with van der Waals surface area (Å²) in [5.41, 5.74) is 3.49. The van der Waals surface area contributed by atoms with Gasteiger partial charge in [0.2, 0.25) is 0 Å². The first kappa shape index (κ1) is 29.9. The Balaban J connectivity index is 1.93. The van der Waals surface area contributed by atoms with E-state index < -0.39 is 0 Å². The van der Waals surface area contributed by atoms with Crippen LogP contribution in [0, 0.1) is 23.7 Å². The second kappa shape index (κ2) is 15.7. The molecular weight excluding hydrogens is 500 g/mol. The van der Waals surface area contributed by atoms with Gasteiger partial charge in [-0.05, 0) is 37.1 Å². The highest BCUT2D eigenvalue weighted by Crippen LogP contribution is 2.28. The third kappa shape index (κ3) is 8.16. The summed E-state index contributed by atoms with van der Waals surface area (Å²) in [6.07, 6.45) is 3.85. The predicted octanol–water partition coefficient (Wildman–Crippen LogP) is 5.56. The van der Waals surface area contributed by atoms with E-state index in [1.54, 1.807) is 38.5 Å². The van der Waals surface area contributed by atoms with Crippen LogP contribution in [0.3, 0.4) is 0 Å². The van der Waals surface area contributed by atoms with Gasteiger partial charge in [0.15, 0.2) is 0 Å². The number of unbranched alkanes of at least 4 members (excludes halogenated alkanes) is 2. The highest BCUT2D eigenvalue weighted by molar-refractivity contribution is 5.97. The molecule has 3 aromatic carbocycles. The second-order valence-electron chi connectivity index (χ2n) is 9.06. The molecule has 0 atom stereocenters.